The average molecular weight is 176 g/mol. The van der Waals surface area contributed by atoms with Crippen LogP contribution < -0.4 is 5.43 Å². The summed E-state index contributed by atoms with van der Waals surface area (Å²) in [5.41, 5.74) is 3.56. The van der Waals surface area contributed by atoms with Gasteiger partial charge >= 0.3 is 0 Å². The van der Waals surface area contributed by atoms with Crippen LogP contribution >= 0.6 is 11.6 Å². The lowest BCUT2D eigenvalue weighted by Gasteiger charge is -2.17. The van der Waals surface area contributed by atoms with Crippen molar-refractivity contribution in [2.24, 2.45) is 5.10 Å². The van der Waals surface area contributed by atoms with E-state index in [2.05, 4.69) is 10.5 Å². The Balaban J connectivity index is 2.33. The van der Waals surface area contributed by atoms with Gasteiger partial charge in [0.05, 0.1) is 6.21 Å². The second-order valence-corrected chi connectivity index (χ2v) is 2.53. The monoisotopic (exact) mass is 175 g/mol. The topological polar surface area (TPSA) is 47.9 Å². The Morgan fingerprint density at radius 3 is 3.18 bits per heavy atom. The zero-order valence-electron chi connectivity index (χ0n) is 6.00. The average Bonchev–Trinajstić information content (AvgIpc) is 2.01. The van der Waals surface area contributed by atoms with Crippen molar-refractivity contribution in [3.63, 3.8) is 0 Å². The van der Waals surface area contributed by atoms with Gasteiger partial charge in [-0.1, -0.05) is 5.28 Å². The van der Waals surface area contributed by atoms with Gasteiger partial charge in [-0.15, -0.1) is 16.7 Å². The van der Waals surface area contributed by atoms with Crippen molar-refractivity contribution in [1.29, 1.82) is 0 Å². The second kappa shape index (κ2) is 4.20. The van der Waals surface area contributed by atoms with Crippen molar-refractivity contribution < 1.29 is 5.21 Å². The maximum Gasteiger partial charge on any atom is 0.0534 e. The SMILES string of the molecule is ON1N=CC=C(CCCCl)N1. The first-order valence-electron chi connectivity index (χ1n) is 3.37. The fraction of sp³-hybridized carbons (Fsp3) is 0.500. The standard InChI is InChI=1S/C6H10ClN3O/c7-4-1-2-6-3-5-8-10(11)9-6/h3,5,9,11H,1-2,4H2. The van der Waals surface area contributed by atoms with Crippen LogP contribution in [-0.4, -0.2) is 22.6 Å². The fourth-order valence-electron chi connectivity index (χ4n) is 0.778. The molecule has 4 nitrogen and oxygen atoms in total. The van der Waals surface area contributed by atoms with E-state index in [0.717, 1.165) is 18.5 Å². The normalized spacial score (nSPS) is 16.2. The lowest BCUT2D eigenvalue weighted by molar-refractivity contribution is -0.128. The van der Waals surface area contributed by atoms with Gasteiger partial charge in [-0.2, -0.15) is 0 Å². The zero-order valence-corrected chi connectivity index (χ0v) is 6.75. The molecule has 0 aromatic heterocycles. The first-order valence-corrected chi connectivity index (χ1v) is 3.91. The third-order valence-corrected chi connectivity index (χ3v) is 1.54. The van der Waals surface area contributed by atoms with E-state index in [-0.39, 0.29) is 0 Å². The first kappa shape index (κ1) is 8.36. The van der Waals surface area contributed by atoms with Gasteiger partial charge in [0.2, 0.25) is 0 Å². The van der Waals surface area contributed by atoms with Crippen LogP contribution in [0.1, 0.15) is 12.8 Å². The van der Waals surface area contributed by atoms with E-state index < -0.39 is 0 Å². The predicted octanol–water partition coefficient (Wildman–Crippen LogP) is 1.08. The molecule has 0 unspecified atom stereocenters. The highest BCUT2D eigenvalue weighted by atomic mass is 35.5. The van der Waals surface area contributed by atoms with Crippen LogP contribution in [0.3, 0.4) is 0 Å². The van der Waals surface area contributed by atoms with Crippen LogP contribution in [0.5, 0.6) is 0 Å². The van der Waals surface area contributed by atoms with E-state index >= 15 is 0 Å². The number of rotatable bonds is 3. The fourth-order valence-corrected chi connectivity index (χ4v) is 0.911. The van der Waals surface area contributed by atoms with Crippen molar-refractivity contribution in [3.8, 4) is 0 Å². The summed E-state index contributed by atoms with van der Waals surface area (Å²) in [7, 11) is 0. The molecule has 5 heteroatoms. The molecule has 0 amide bonds. The van der Waals surface area contributed by atoms with Crippen LogP contribution in [0, 0.1) is 0 Å². The minimum atomic E-state index is 0.627. The Kier molecular flexibility index (Phi) is 3.19. The quantitative estimate of drug-likeness (QED) is 0.632. The molecule has 0 fully saturated rings. The van der Waals surface area contributed by atoms with Crippen molar-refractivity contribution in [2.75, 3.05) is 5.88 Å². The number of hydrazine groups is 1. The third-order valence-electron chi connectivity index (χ3n) is 1.28. The first-order chi connectivity index (χ1) is 5.33. The molecule has 0 aliphatic carbocycles. The summed E-state index contributed by atoms with van der Waals surface area (Å²) in [6.45, 7) is 0. The van der Waals surface area contributed by atoms with Gasteiger partial charge in [0.15, 0.2) is 0 Å². The summed E-state index contributed by atoms with van der Waals surface area (Å²) in [6, 6.07) is 0. The lowest BCUT2D eigenvalue weighted by atomic mass is 10.2. The molecule has 0 aromatic carbocycles. The highest BCUT2D eigenvalue weighted by Crippen LogP contribution is 2.04. The van der Waals surface area contributed by atoms with E-state index in [4.69, 9.17) is 16.8 Å². The van der Waals surface area contributed by atoms with Crippen LogP contribution in [0.4, 0.5) is 0 Å². The van der Waals surface area contributed by atoms with Gasteiger partial charge in [-0.25, -0.2) is 0 Å². The van der Waals surface area contributed by atoms with E-state index in [1.165, 1.54) is 6.21 Å². The van der Waals surface area contributed by atoms with Gasteiger partial charge in [0, 0.05) is 11.6 Å². The molecule has 0 aromatic rings. The Labute approximate surface area is 70.1 Å². The second-order valence-electron chi connectivity index (χ2n) is 2.15. The van der Waals surface area contributed by atoms with Crippen molar-refractivity contribution >= 4 is 17.8 Å². The molecule has 0 bridgehead atoms. The van der Waals surface area contributed by atoms with Gasteiger partial charge < -0.3 is 0 Å². The van der Waals surface area contributed by atoms with E-state index in [0.29, 0.717) is 11.2 Å². The summed E-state index contributed by atoms with van der Waals surface area (Å²) in [6.07, 6.45) is 5.05. The summed E-state index contributed by atoms with van der Waals surface area (Å²) < 4.78 is 0. The minimum absolute atomic E-state index is 0.627. The molecule has 0 radical (unpaired) electrons. The molecule has 0 saturated carbocycles. The van der Waals surface area contributed by atoms with Crippen LogP contribution in [0.2, 0.25) is 0 Å². The summed E-state index contributed by atoms with van der Waals surface area (Å²) in [5, 5.41) is 13.0. The number of allylic oxidation sites excluding steroid dienone is 2. The van der Waals surface area contributed by atoms with E-state index in [9.17, 15) is 0 Å². The molecule has 62 valence electrons. The predicted molar refractivity (Wildman–Crippen MR) is 43.3 cm³/mol. The maximum absolute atomic E-state index is 8.83. The molecule has 0 atom stereocenters. The summed E-state index contributed by atoms with van der Waals surface area (Å²) in [5.74, 6) is 0.627. The number of nitrogens with zero attached hydrogens (tertiary/aromatic N) is 2. The smallest absolute Gasteiger partial charge is 0.0534 e. The molecule has 1 rings (SSSR count). The largest absolute Gasteiger partial charge is 0.262 e. The Hall–Kier alpha value is -0.740. The molecule has 11 heavy (non-hydrogen) atoms. The van der Waals surface area contributed by atoms with Crippen LogP contribution in [0.15, 0.2) is 16.9 Å². The molecule has 1 aliphatic heterocycles. The van der Waals surface area contributed by atoms with Crippen molar-refractivity contribution in [3.05, 3.63) is 11.8 Å². The van der Waals surface area contributed by atoms with Crippen LogP contribution in [-0.2, 0) is 0 Å². The Morgan fingerprint density at radius 1 is 1.73 bits per heavy atom. The zero-order chi connectivity index (χ0) is 8.10. The molecule has 0 spiro atoms. The molecule has 1 heterocycles. The van der Waals surface area contributed by atoms with E-state index in [1.807, 2.05) is 0 Å². The molecular formula is C6H10ClN3O. The van der Waals surface area contributed by atoms with Crippen LogP contribution in [0.25, 0.3) is 0 Å². The van der Waals surface area contributed by atoms with Gasteiger partial charge in [-0.05, 0) is 18.9 Å². The number of halogens is 1. The minimum Gasteiger partial charge on any atom is -0.262 e. The maximum atomic E-state index is 8.83. The Morgan fingerprint density at radius 2 is 2.55 bits per heavy atom. The van der Waals surface area contributed by atoms with Gasteiger partial charge in [0.25, 0.3) is 0 Å². The molecule has 2 N–H and O–H groups in total. The molecular weight excluding hydrogens is 166 g/mol. The highest BCUT2D eigenvalue weighted by Gasteiger charge is 2.02. The summed E-state index contributed by atoms with van der Waals surface area (Å²) in [4.78, 5) is 0. The number of alkyl halides is 1. The molecule has 1 aliphatic rings. The number of hydrogen-bond donors (Lipinski definition) is 2. The van der Waals surface area contributed by atoms with Crippen molar-refractivity contribution in [2.45, 2.75) is 12.8 Å². The van der Waals surface area contributed by atoms with Crippen molar-refractivity contribution in [1.82, 2.24) is 10.7 Å². The lowest BCUT2D eigenvalue weighted by Crippen LogP contribution is -2.32. The number of hydrazone groups is 1. The van der Waals surface area contributed by atoms with Gasteiger partial charge in [-0.3, -0.25) is 10.6 Å². The van der Waals surface area contributed by atoms with Gasteiger partial charge in [0.1, 0.15) is 0 Å². The van der Waals surface area contributed by atoms with E-state index in [1.54, 1.807) is 6.08 Å². The Bertz CT molecular complexity index is 181. The molecule has 0 saturated heterocycles. The highest BCUT2D eigenvalue weighted by molar-refractivity contribution is 6.17. The number of hydrogen-bond acceptors (Lipinski definition) is 4. The number of nitrogens with one attached hydrogen (secondary N) is 1. The summed E-state index contributed by atoms with van der Waals surface area (Å²) >= 11 is 5.49. The third kappa shape index (κ3) is 2.78.